The van der Waals surface area contributed by atoms with Gasteiger partial charge in [-0.2, -0.15) is 0 Å². The minimum atomic E-state index is -0.970. The SMILES string of the molecule is NC(Cl)CC(=O)O. The molecule has 0 rings (SSSR count). The fourth-order valence-electron chi connectivity index (χ4n) is 0.167. The minimum absolute atomic E-state index is 0.179. The monoisotopic (exact) mass is 123 g/mol. The molecule has 42 valence electrons. The van der Waals surface area contributed by atoms with Gasteiger partial charge in [0.1, 0.15) is 0 Å². The van der Waals surface area contributed by atoms with Gasteiger partial charge in [-0.1, -0.05) is 0 Å². The molecule has 0 aliphatic heterocycles. The third-order valence-corrected chi connectivity index (χ3v) is 0.524. The summed E-state index contributed by atoms with van der Waals surface area (Å²) >= 11 is 5.07. The normalized spacial score (nSPS) is 13.4. The predicted molar refractivity (Wildman–Crippen MR) is 26.1 cm³/mol. The van der Waals surface area contributed by atoms with Gasteiger partial charge in [0.15, 0.2) is 0 Å². The zero-order chi connectivity index (χ0) is 5.86. The van der Waals surface area contributed by atoms with Crippen molar-refractivity contribution in [3.05, 3.63) is 0 Å². The molecule has 1 unspecified atom stereocenters. The molecule has 0 radical (unpaired) electrons. The standard InChI is InChI=1S/C3H6ClNO2/c4-2(5)1-3(6)7/h2H,1,5H2,(H,6,7). The van der Waals surface area contributed by atoms with Gasteiger partial charge >= 0.3 is 5.97 Å². The van der Waals surface area contributed by atoms with E-state index in [4.69, 9.17) is 22.4 Å². The van der Waals surface area contributed by atoms with Crippen LogP contribution in [0.2, 0.25) is 0 Å². The van der Waals surface area contributed by atoms with Crippen LogP contribution < -0.4 is 5.73 Å². The number of carbonyl (C=O) groups is 1. The van der Waals surface area contributed by atoms with Crippen molar-refractivity contribution in [3.63, 3.8) is 0 Å². The van der Waals surface area contributed by atoms with Crippen LogP contribution in [0.3, 0.4) is 0 Å². The molecule has 0 spiro atoms. The maximum absolute atomic E-state index is 9.65. The van der Waals surface area contributed by atoms with E-state index in [0.717, 1.165) is 0 Å². The molecule has 0 aliphatic carbocycles. The molecule has 0 aromatic carbocycles. The Labute approximate surface area is 46.1 Å². The van der Waals surface area contributed by atoms with Crippen LogP contribution in [0, 0.1) is 0 Å². The van der Waals surface area contributed by atoms with Crippen molar-refractivity contribution >= 4 is 17.6 Å². The third kappa shape index (κ3) is 5.72. The van der Waals surface area contributed by atoms with Crippen LogP contribution in [0.15, 0.2) is 0 Å². The van der Waals surface area contributed by atoms with Crippen LogP contribution in [0.5, 0.6) is 0 Å². The minimum Gasteiger partial charge on any atom is -0.481 e. The number of hydrogen-bond donors (Lipinski definition) is 2. The molecule has 0 aromatic rings. The van der Waals surface area contributed by atoms with E-state index in [-0.39, 0.29) is 6.42 Å². The molecule has 3 nitrogen and oxygen atoms in total. The topological polar surface area (TPSA) is 63.3 Å². The van der Waals surface area contributed by atoms with Crippen LogP contribution >= 0.6 is 11.6 Å². The number of nitrogens with two attached hydrogens (primary N) is 1. The smallest absolute Gasteiger partial charge is 0.306 e. The largest absolute Gasteiger partial charge is 0.481 e. The zero-order valence-electron chi connectivity index (χ0n) is 3.60. The third-order valence-electron chi connectivity index (χ3n) is 0.370. The Morgan fingerprint density at radius 3 is 2.43 bits per heavy atom. The molecule has 7 heavy (non-hydrogen) atoms. The molecule has 0 amide bonds. The van der Waals surface area contributed by atoms with Crippen molar-refractivity contribution in [1.82, 2.24) is 0 Å². The van der Waals surface area contributed by atoms with Crippen molar-refractivity contribution in [1.29, 1.82) is 0 Å². The average Bonchev–Trinajstić information content (AvgIpc) is 1.27. The zero-order valence-corrected chi connectivity index (χ0v) is 4.35. The van der Waals surface area contributed by atoms with Crippen LogP contribution in [-0.4, -0.2) is 16.6 Å². The Kier molecular flexibility index (Phi) is 2.71. The lowest BCUT2D eigenvalue weighted by Crippen LogP contribution is -2.16. The molecule has 0 saturated carbocycles. The molecule has 0 saturated heterocycles. The number of rotatable bonds is 2. The summed E-state index contributed by atoms with van der Waals surface area (Å²) < 4.78 is 0. The van der Waals surface area contributed by atoms with Gasteiger partial charge in [0.05, 0.1) is 11.9 Å². The number of alkyl halides is 1. The summed E-state index contributed by atoms with van der Waals surface area (Å²) in [5.74, 6) is -0.970. The van der Waals surface area contributed by atoms with Crippen LogP contribution in [0.1, 0.15) is 6.42 Å². The highest BCUT2D eigenvalue weighted by Crippen LogP contribution is 1.90. The Balaban J connectivity index is 3.13. The van der Waals surface area contributed by atoms with Gasteiger partial charge in [0, 0.05) is 0 Å². The van der Waals surface area contributed by atoms with Crippen molar-refractivity contribution in [2.45, 2.75) is 11.9 Å². The number of halogens is 1. The summed E-state index contributed by atoms with van der Waals surface area (Å²) in [6, 6.07) is 0. The second kappa shape index (κ2) is 2.82. The lowest BCUT2D eigenvalue weighted by molar-refractivity contribution is -0.136. The lowest BCUT2D eigenvalue weighted by Gasteiger charge is -1.92. The van der Waals surface area contributed by atoms with Crippen molar-refractivity contribution in [3.8, 4) is 0 Å². The summed E-state index contributed by atoms with van der Waals surface area (Å²) in [5.41, 5.74) is 4.13. The maximum atomic E-state index is 9.65. The van der Waals surface area contributed by atoms with E-state index in [0.29, 0.717) is 0 Å². The van der Waals surface area contributed by atoms with Crippen LogP contribution in [0.4, 0.5) is 0 Å². The van der Waals surface area contributed by atoms with E-state index in [2.05, 4.69) is 0 Å². The number of carboxylic acids is 1. The number of aliphatic carboxylic acids is 1. The highest BCUT2D eigenvalue weighted by molar-refractivity contribution is 6.21. The Morgan fingerprint density at radius 1 is 2.00 bits per heavy atom. The summed E-state index contributed by atoms with van der Waals surface area (Å²) in [7, 11) is 0. The van der Waals surface area contributed by atoms with Crippen LogP contribution in [-0.2, 0) is 4.79 Å². The molecule has 0 aromatic heterocycles. The maximum Gasteiger partial charge on any atom is 0.306 e. The van der Waals surface area contributed by atoms with E-state index < -0.39 is 11.5 Å². The predicted octanol–water partition coefficient (Wildman–Crippen LogP) is -0.0153. The van der Waals surface area contributed by atoms with Crippen molar-refractivity contribution in [2.75, 3.05) is 0 Å². The fourth-order valence-corrected chi connectivity index (χ4v) is 0.299. The average molecular weight is 124 g/mol. The van der Waals surface area contributed by atoms with Gasteiger partial charge in [-0.25, -0.2) is 0 Å². The Morgan fingerprint density at radius 2 is 2.43 bits per heavy atom. The summed E-state index contributed by atoms with van der Waals surface area (Å²) in [5, 5.41) is 7.92. The first-order chi connectivity index (χ1) is 3.13. The number of hydrogen-bond acceptors (Lipinski definition) is 2. The molecule has 0 aliphatic rings. The van der Waals surface area contributed by atoms with Crippen molar-refractivity contribution < 1.29 is 9.90 Å². The lowest BCUT2D eigenvalue weighted by atomic mass is 10.4. The van der Waals surface area contributed by atoms with Gasteiger partial charge in [0.2, 0.25) is 0 Å². The number of carboxylic acid groups (broad SMARTS) is 1. The quantitative estimate of drug-likeness (QED) is 0.401. The van der Waals surface area contributed by atoms with Gasteiger partial charge in [-0.3, -0.25) is 4.79 Å². The highest BCUT2D eigenvalue weighted by atomic mass is 35.5. The molecule has 4 heteroatoms. The molecule has 3 N–H and O–H groups in total. The van der Waals surface area contributed by atoms with E-state index in [1.165, 1.54) is 0 Å². The van der Waals surface area contributed by atoms with E-state index in [1.807, 2.05) is 0 Å². The molecule has 0 heterocycles. The van der Waals surface area contributed by atoms with Crippen molar-refractivity contribution in [2.24, 2.45) is 5.73 Å². The first-order valence-corrected chi connectivity index (χ1v) is 2.18. The summed E-state index contributed by atoms with van der Waals surface area (Å²) in [4.78, 5) is 9.65. The van der Waals surface area contributed by atoms with E-state index in [1.54, 1.807) is 0 Å². The Hall–Kier alpha value is -0.280. The Bertz CT molecular complexity index is 73.3. The molecular weight excluding hydrogens is 117 g/mol. The summed E-state index contributed by atoms with van der Waals surface area (Å²) in [6.45, 7) is 0. The molecule has 0 fully saturated rings. The first kappa shape index (κ1) is 6.72. The second-order valence-electron chi connectivity index (χ2n) is 1.11. The second-order valence-corrected chi connectivity index (χ2v) is 1.67. The molecule has 0 bridgehead atoms. The molecular formula is C3H6ClNO2. The van der Waals surface area contributed by atoms with Crippen LogP contribution in [0.25, 0.3) is 0 Å². The first-order valence-electron chi connectivity index (χ1n) is 1.74. The highest BCUT2D eigenvalue weighted by Gasteiger charge is 2.00. The van der Waals surface area contributed by atoms with Gasteiger partial charge in [0.25, 0.3) is 0 Å². The molecule has 1 atom stereocenters. The van der Waals surface area contributed by atoms with Gasteiger partial charge < -0.3 is 10.8 Å². The van der Waals surface area contributed by atoms with Gasteiger partial charge in [-0.15, -0.1) is 11.6 Å². The fraction of sp³-hybridized carbons (Fsp3) is 0.667. The van der Waals surface area contributed by atoms with Gasteiger partial charge in [-0.05, 0) is 0 Å². The van der Waals surface area contributed by atoms with E-state index in [9.17, 15) is 4.79 Å². The van der Waals surface area contributed by atoms with E-state index >= 15 is 0 Å². The summed E-state index contributed by atoms with van der Waals surface area (Å²) in [6.07, 6.45) is -0.179.